The number of rotatable bonds is 8. The van der Waals surface area contributed by atoms with Crippen molar-refractivity contribution in [3.8, 4) is 0 Å². The molecule has 1 aromatic heterocycles. The summed E-state index contributed by atoms with van der Waals surface area (Å²) in [4.78, 5) is 83.7. The Morgan fingerprint density at radius 3 is 2.02 bits per heavy atom. The Balaban J connectivity index is 2.04. The van der Waals surface area contributed by atoms with Crippen molar-refractivity contribution in [2.24, 2.45) is 11.8 Å². The van der Waals surface area contributed by atoms with Crippen LogP contribution in [0.3, 0.4) is 0 Å². The zero-order valence-corrected chi connectivity index (χ0v) is 28.6. The molecule has 5 amide bonds. The van der Waals surface area contributed by atoms with Crippen LogP contribution in [0.2, 0.25) is 0 Å². The van der Waals surface area contributed by atoms with Gasteiger partial charge in [0.05, 0.1) is 0 Å². The smallest absolute Gasteiger partial charge is 0.306 e. The zero-order valence-electron chi connectivity index (χ0n) is 28.6. The van der Waals surface area contributed by atoms with Gasteiger partial charge in [-0.25, -0.2) is 0 Å². The highest BCUT2D eigenvalue weighted by molar-refractivity contribution is 5.98. The normalized spacial score (nSPS) is 23.7. The highest BCUT2D eigenvalue weighted by Crippen LogP contribution is 2.20. The van der Waals surface area contributed by atoms with Gasteiger partial charge in [-0.15, -0.1) is 0 Å². The number of para-hydroxylation sites is 1. The molecule has 258 valence electrons. The molecular formula is C34H50N6O7. The molecule has 13 heteroatoms. The number of esters is 1. The maximum absolute atomic E-state index is 14.0. The van der Waals surface area contributed by atoms with E-state index in [9.17, 15) is 28.8 Å². The molecule has 2 aromatic rings. The van der Waals surface area contributed by atoms with Gasteiger partial charge in [0.1, 0.15) is 35.8 Å². The molecule has 0 aliphatic carbocycles. The molecule has 1 aliphatic rings. The number of hydrogen-bond acceptors (Lipinski definition) is 7. The van der Waals surface area contributed by atoms with Crippen LogP contribution < -0.4 is 26.6 Å². The zero-order chi connectivity index (χ0) is 35.1. The van der Waals surface area contributed by atoms with Gasteiger partial charge >= 0.3 is 5.97 Å². The molecule has 13 nitrogen and oxygen atoms in total. The lowest BCUT2D eigenvalue weighted by Crippen LogP contribution is -2.59. The highest BCUT2D eigenvalue weighted by atomic mass is 16.6. The quantitative estimate of drug-likeness (QED) is 0.235. The van der Waals surface area contributed by atoms with Crippen LogP contribution in [0, 0.1) is 11.8 Å². The lowest BCUT2D eigenvalue weighted by molar-refractivity contribution is -0.155. The van der Waals surface area contributed by atoms with E-state index in [2.05, 4.69) is 31.6 Å². The molecule has 47 heavy (non-hydrogen) atoms. The van der Waals surface area contributed by atoms with Gasteiger partial charge < -0.3 is 36.3 Å². The van der Waals surface area contributed by atoms with Gasteiger partial charge in [0, 0.05) is 29.9 Å². The molecule has 3 rings (SSSR count). The Morgan fingerprint density at radius 2 is 1.38 bits per heavy atom. The number of H-pyrrole nitrogens is 1. The van der Waals surface area contributed by atoms with Gasteiger partial charge in [-0.05, 0) is 64.0 Å². The Hall–Kier alpha value is -4.42. The second-order valence-electron chi connectivity index (χ2n) is 14.0. The molecule has 5 atom stereocenters. The van der Waals surface area contributed by atoms with Crippen LogP contribution in [-0.4, -0.2) is 76.3 Å². The van der Waals surface area contributed by atoms with Gasteiger partial charge in [0.25, 0.3) is 0 Å². The second-order valence-corrected chi connectivity index (χ2v) is 14.0. The van der Waals surface area contributed by atoms with Crippen LogP contribution in [0.25, 0.3) is 10.9 Å². The van der Waals surface area contributed by atoms with Crippen molar-refractivity contribution in [2.75, 3.05) is 0 Å². The number of aromatic nitrogens is 1. The predicted molar refractivity (Wildman–Crippen MR) is 177 cm³/mol. The average Bonchev–Trinajstić information content (AvgIpc) is 3.37. The van der Waals surface area contributed by atoms with Gasteiger partial charge in [0.2, 0.25) is 29.5 Å². The highest BCUT2D eigenvalue weighted by Gasteiger charge is 2.35. The minimum absolute atomic E-state index is 0.000182. The van der Waals surface area contributed by atoms with Crippen LogP contribution in [0.1, 0.15) is 80.2 Å². The summed E-state index contributed by atoms with van der Waals surface area (Å²) in [6.07, 6.45) is 1.77. The Morgan fingerprint density at radius 1 is 0.787 bits per heavy atom. The number of aromatic amines is 1. The standard InChI is InChI=1S/C34H50N6O7/c1-18(2)15-25-31(44)38-26(16-21-17-35-23-12-10-9-11-22(21)23)32(45)37-24(13-14-27(41)47-34(6,7)8)30(43)36-20(5)29(42)40-28(19(3)4)33(46)39-25/h9-12,17-20,24-26,28,35H,13-16H2,1-8H3,(H,36,43)(H,37,45)(H,38,44)(H,39,46)(H,40,42)/t20-,24+,25-,26-,28+/m0/s1. The molecule has 1 fully saturated rings. The summed E-state index contributed by atoms with van der Waals surface area (Å²) < 4.78 is 5.40. The van der Waals surface area contributed by atoms with Crippen LogP contribution in [0.4, 0.5) is 0 Å². The largest absolute Gasteiger partial charge is 0.460 e. The van der Waals surface area contributed by atoms with Crippen molar-refractivity contribution >= 4 is 46.4 Å². The van der Waals surface area contributed by atoms with E-state index in [1.807, 2.05) is 38.1 Å². The molecule has 1 aromatic carbocycles. The molecule has 0 unspecified atom stereocenters. The van der Waals surface area contributed by atoms with Gasteiger partial charge in [-0.2, -0.15) is 0 Å². The number of nitrogens with one attached hydrogen (secondary N) is 6. The summed E-state index contributed by atoms with van der Waals surface area (Å²) in [7, 11) is 0. The number of amides is 5. The second kappa shape index (κ2) is 15.9. The number of carbonyl (C=O) groups excluding carboxylic acids is 6. The van der Waals surface area contributed by atoms with Crippen molar-refractivity contribution < 1.29 is 33.5 Å². The van der Waals surface area contributed by atoms with E-state index in [1.165, 1.54) is 6.92 Å². The number of carbonyl (C=O) groups is 6. The van der Waals surface area contributed by atoms with E-state index in [0.29, 0.717) is 0 Å². The summed E-state index contributed by atoms with van der Waals surface area (Å²) >= 11 is 0. The summed E-state index contributed by atoms with van der Waals surface area (Å²) in [6, 6.07) is 2.02. The molecule has 0 saturated carbocycles. The maximum atomic E-state index is 14.0. The maximum Gasteiger partial charge on any atom is 0.306 e. The molecule has 0 radical (unpaired) electrons. The monoisotopic (exact) mass is 654 g/mol. The third-order valence-corrected chi connectivity index (χ3v) is 7.76. The van der Waals surface area contributed by atoms with Crippen LogP contribution in [-0.2, 0) is 39.9 Å². The third-order valence-electron chi connectivity index (χ3n) is 7.76. The Labute approximate surface area is 276 Å². The Bertz CT molecular complexity index is 1460. The summed E-state index contributed by atoms with van der Waals surface area (Å²) in [5.41, 5.74) is 0.842. The predicted octanol–water partition coefficient (Wildman–Crippen LogP) is 1.99. The number of ether oxygens (including phenoxy) is 1. The van der Waals surface area contributed by atoms with E-state index in [4.69, 9.17) is 4.74 Å². The SMILES string of the molecule is CC(C)C[C@@H]1NC(=O)[C@@H](C(C)C)NC(=O)[C@H](C)NC(=O)[C@@H](CCC(=O)OC(C)(C)C)NC(=O)[C@H](Cc2c[nH]c3ccccc23)NC1=O. The van der Waals surface area contributed by atoms with E-state index in [1.54, 1.807) is 40.8 Å². The molecular weight excluding hydrogens is 604 g/mol. The van der Waals surface area contributed by atoms with Gasteiger partial charge in [0.15, 0.2) is 0 Å². The Kier molecular flexibility index (Phi) is 12.5. The van der Waals surface area contributed by atoms with Crippen LogP contribution in [0.5, 0.6) is 0 Å². The van der Waals surface area contributed by atoms with E-state index in [-0.39, 0.29) is 37.5 Å². The van der Waals surface area contributed by atoms with Crippen LogP contribution >= 0.6 is 0 Å². The minimum Gasteiger partial charge on any atom is -0.460 e. The summed E-state index contributed by atoms with van der Waals surface area (Å²) in [6.45, 7) is 13.9. The van der Waals surface area contributed by atoms with Crippen molar-refractivity contribution in [2.45, 2.75) is 117 Å². The number of benzene rings is 1. The van der Waals surface area contributed by atoms with Crippen molar-refractivity contribution in [1.29, 1.82) is 0 Å². The number of hydrogen-bond donors (Lipinski definition) is 6. The topological polar surface area (TPSA) is 188 Å². The van der Waals surface area contributed by atoms with Gasteiger partial charge in [-0.1, -0.05) is 45.9 Å². The lowest BCUT2D eigenvalue weighted by Gasteiger charge is -2.27. The molecule has 0 bridgehead atoms. The molecule has 0 spiro atoms. The van der Waals surface area contributed by atoms with E-state index < -0.39 is 71.3 Å². The third kappa shape index (κ3) is 10.8. The fourth-order valence-corrected chi connectivity index (χ4v) is 5.36. The minimum atomic E-state index is -1.25. The van der Waals surface area contributed by atoms with E-state index in [0.717, 1.165) is 16.5 Å². The number of fused-ring (bicyclic) bond motifs is 1. The molecule has 1 aliphatic heterocycles. The molecule has 1 saturated heterocycles. The molecule has 2 heterocycles. The lowest BCUT2D eigenvalue weighted by atomic mass is 9.98. The van der Waals surface area contributed by atoms with Crippen molar-refractivity contribution in [3.05, 3.63) is 36.0 Å². The first kappa shape index (κ1) is 37.0. The average molecular weight is 655 g/mol. The first-order chi connectivity index (χ1) is 21.9. The van der Waals surface area contributed by atoms with Gasteiger partial charge in [-0.3, -0.25) is 28.8 Å². The van der Waals surface area contributed by atoms with Crippen molar-refractivity contribution in [1.82, 2.24) is 31.6 Å². The van der Waals surface area contributed by atoms with E-state index >= 15 is 0 Å². The molecule has 6 N–H and O–H groups in total. The summed E-state index contributed by atoms with van der Waals surface area (Å²) in [5, 5.41) is 14.5. The first-order valence-electron chi connectivity index (χ1n) is 16.2. The van der Waals surface area contributed by atoms with Crippen LogP contribution in [0.15, 0.2) is 30.5 Å². The summed E-state index contributed by atoms with van der Waals surface area (Å²) in [5.74, 6) is -4.06. The fourth-order valence-electron chi connectivity index (χ4n) is 5.36. The van der Waals surface area contributed by atoms with Crippen molar-refractivity contribution in [3.63, 3.8) is 0 Å². The fraction of sp³-hybridized carbons (Fsp3) is 0.588. The first-order valence-corrected chi connectivity index (χ1v) is 16.2.